The van der Waals surface area contributed by atoms with Crippen molar-refractivity contribution in [2.45, 2.75) is 19.8 Å². The van der Waals surface area contributed by atoms with E-state index in [1.807, 2.05) is 5.38 Å². The monoisotopic (exact) mass is 386 g/mol. The van der Waals surface area contributed by atoms with E-state index in [1.165, 1.54) is 16.9 Å². The maximum Gasteiger partial charge on any atom is 0.264 e. The number of hydrogen-bond acceptors (Lipinski definition) is 4. The number of nitrogens with zero attached hydrogens (tertiary/aromatic N) is 1. The summed E-state index contributed by atoms with van der Waals surface area (Å²) in [7, 11) is 0. The highest BCUT2D eigenvalue weighted by molar-refractivity contribution is 7.14. The molecule has 0 atom stereocenters. The Hall–Kier alpha value is -2.37. The Morgan fingerprint density at radius 3 is 2.50 bits per heavy atom. The van der Waals surface area contributed by atoms with Crippen molar-refractivity contribution in [3.8, 4) is 17.0 Å². The number of aromatic nitrogens is 1. The van der Waals surface area contributed by atoms with Crippen LogP contribution in [0.15, 0.2) is 53.9 Å². The van der Waals surface area contributed by atoms with Crippen LogP contribution in [-0.2, 0) is 4.79 Å². The van der Waals surface area contributed by atoms with Gasteiger partial charge in [-0.25, -0.2) is 4.98 Å². The normalized spacial score (nSPS) is 10.8. The molecule has 4 nitrogen and oxygen atoms in total. The van der Waals surface area contributed by atoms with E-state index in [-0.39, 0.29) is 12.5 Å². The smallest absolute Gasteiger partial charge is 0.264 e. The first kappa shape index (κ1) is 18.4. The van der Waals surface area contributed by atoms with Crippen molar-refractivity contribution in [2.75, 3.05) is 11.9 Å². The van der Waals surface area contributed by atoms with Gasteiger partial charge in [-0.3, -0.25) is 10.1 Å². The highest BCUT2D eigenvalue weighted by atomic mass is 35.5. The molecule has 2 aromatic carbocycles. The molecule has 0 fully saturated rings. The summed E-state index contributed by atoms with van der Waals surface area (Å²) in [4.78, 5) is 16.5. The first-order valence-electron chi connectivity index (χ1n) is 8.25. The molecule has 0 saturated carbocycles. The van der Waals surface area contributed by atoms with Crippen molar-refractivity contribution in [3.05, 3.63) is 64.5 Å². The first-order valence-corrected chi connectivity index (χ1v) is 9.51. The predicted octanol–water partition coefficient (Wildman–Crippen LogP) is 5.60. The van der Waals surface area contributed by atoms with Gasteiger partial charge in [-0.1, -0.05) is 49.7 Å². The highest BCUT2D eigenvalue weighted by Crippen LogP contribution is 2.26. The number of thiazole rings is 1. The van der Waals surface area contributed by atoms with Crippen molar-refractivity contribution < 1.29 is 9.53 Å². The molecular formula is C20H19ClN2O2S. The van der Waals surface area contributed by atoms with Gasteiger partial charge >= 0.3 is 0 Å². The molecule has 0 bridgehead atoms. The minimum absolute atomic E-state index is 0.0837. The van der Waals surface area contributed by atoms with Gasteiger partial charge in [0.2, 0.25) is 0 Å². The van der Waals surface area contributed by atoms with Gasteiger partial charge in [0.15, 0.2) is 11.7 Å². The number of hydrogen-bond donors (Lipinski definition) is 1. The van der Waals surface area contributed by atoms with E-state index in [1.54, 1.807) is 24.3 Å². The molecule has 0 aliphatic rings. The number of anilines is 1. The molecular weight excluding hydrogens is 368 g/mol. The van der Waals surface area contributed by atoms with E-state index in [0.717, 1.165) is 11.3 Å². The van der Waals surface area contributed by atoms with Gasteiger partial charge in [0.1, 0.15) is 5.75 Å². The minimum Gasteiger partial charge on any atom is -0.484 e. The lowest BCUT2D eigenvalue weighted by atomic mass is 10.0. The Labute approximate surface area is 161 Å². The average molecular weight is 387 g/mol. The lowest BCUT2D eigenvalue weighted by molar-refractivity contribution is -0.118. The lowest BCUT2D eigenvalue weighted by Crippen LogP contribution is -2.20. The molecule has 1 amide bonds. The van der Waals surface area contributed by atoms with Gasteiger partial charge in [-0.15, -0.1) is 11.3 Å². The lowest BCUT2D eigenvalue weighted by Gasteiger charge is -2.06. The zero-order valence-corrected chi connectivity index (χ0v) is 16.1. The van der Waals surface area contributed by atoms with Crippen molar-refractivity contribution in [2.24, 2.45) is 0 Å². The number of halogens is 1. The minimum atomic E-state index is -0.254. The molecule has 1 heterocycles. The fraction of sp³-hybridized carbons (Fsp3) is 0.200. The summed E-state index contributed by atoms with van der Waals surface area (Å²) in [6.45, 7) is 4.24. The molecule has 0 spiro atoms. The van der Waals surface area contributed by atoms with Crippen LogP contribution >= 0.6 is 22.9 Å². The van der Waals surface area contributed by atoms with Crippen molar-refractivity contribution >= 4 is 34.0 Å². The summed E-state index contributed by atoms with van der Waals surface area (Å²) in [5.41, 5.74) is 3.17. The Bertz CT molecular complexity index is 874. The number of amides is 1. The van der Waals surface area contributed by atoms with Gasteiger partial charge in [-0.05, 0) is 35.7 Å². The standard InChI is InChI=1S/C20H19ClN2O2S/c1-13(2)14-3-5-15(6-4-14)18-12-26-20(22-18)23-19(24)11-25-17-9-7-16(21)8-10-17/h3-10,12-13H,11H2,1-2H3,(H,22,23,24). The number of carbonyl (C=O) groups excluding carboxylic acids is 1. The molecule has 3 rings (SSSR count). The second kappa shape index (κ2) is 8.34. The van der Waals surface area contributed by atoms with Crippen molar-refractivity contribution in [3.63, 3.8) is 0 Å². The van der Waals surface area contributed by atoms with Crippen LogP contribution < -0.4 is 10.1 Å². The molecule has 6 heteroatoms. The van der Waals surface area contributed by atoms with Crippen LogP contribution in [-0.4, -0.2) is 17.5 Å². The Kier molecular flexibility index (Phi) is 5.91. The fourth-order valence-electron chi connectivity index (χ4n) is 2.34. The van der Waals surface area contributed by atoms with Crippen LogP contribution in [0.1, 0.15) is 25.3 Å². The quantitative estimate of drug-likeness (QED) is 0.599. The van der Waals surface area contributed by atoms with E-state index < -0.39 is 0 Å². The second-order valence-corrected chi connectivity index (χ2v) is 7.40. The molecule has 1 aromatic heterocycles. The summed E-state index contributed by atoms with van der Waals surface area (Å²) < 4.78 is 5.43. The molecule has 0 aliphatic heterocycles. The van der Waals surface area contributed by atoms with Crippen LogP contribution in [0.2, 0.25) is 5.02 Å². The molecule has 0 aliphatic carbocycles. The van der Waals surface area contributed by atoms with E-state index in [4.69, 9.17) is 16.3 Å². The third kappa shape index (κ3) is 4.84. The van der Waals surface area contributed by atoms with Gasteiger partial charge in [0, 0.05) is 16.0 Å². The van der Waals surface area contributed by atoms with Crippen molar-refractivity contribution in [1.82, 2.24) is 4.98 Å². The van der Waals surface area contributed by atoms with Gasteiger partial charge in [0.05, 0.1) is 5.69 Å². The van der Waals surface area contributed by atoms with Crippen molar-refractivity contribution in [1.29, 1.82) is 0 Å². The van der Waals surface area contributed by atoms with Crippen LogP contribution in [0.5, 0.6) is 5.75 Å². The van der Waals surface area contributed by atoms with Gasteiger partial charge in [0.25, 0.3) is 5.91 Å². The average Bonchev–Trinajstić information content (AvgIpc) is 3.10. The summed E-state index contributed by atoms with van der Waals surface area (Å²) in [6.07, 6.45) is 0. The number of carbonyl (C=O) groups is 1. The number of nitrogens with one attached hydrogen (secondary N) is 1. The molecule has 3 aromatic rings. The number of rotatable bonds is 6. The zero-order valence-electron chi connectivity index (χ0n) is 14.5. The molecule has 134 valence electrons. The topological polar surface area (TPSA) is 51.2 Å². The van der Waals surface area contributed by atoms with Crippen LogP contribution in [0.3, 0.4) is 0 Å². The number of ether oxygens (including phenoxy) is 1. The summed E-state index contributed by atoms with van der Waals surface area (Å²) in [5, 5.41) is 5.87. The predicted molar refractivity (Wildman–Crippen MR) is 107 cm³/mol. The molecule has 0 radical (unpaired) electrons. The fourth-order valence-corrected chi connectivity index (χ4v) is 3.20. The Morgan fingerprint density at radius 1 is 1.15 bits per heavy atom. The summed E-state index contributed by atoms with van der Waals surface area (Å²) in [5.74, 6) is 0.834. The van der Waals surface area contributed by atoms with Gasteiger partial charge < -0.3 is 4.74 Å². The summed E-state index contributed by atoms with van der Waals surface area (Å²) >= 11 is 7.21. The third-order valence-electron chi connectivity index (χ3n) is 3.81. The van der Waals surface area contributed by atoms with E-state index in [0.29, 0.717) is 21.8 Å². The SMILES string of the molecule is CC(C)c1ccc(-c2csc(NC(=O)COc3ccc(Cl)cc3)n2)cc1. The van der Waals surface area contributed by atoms with Crippen LogP contribution in [0, 0.1) is 0 Å². The van der Waals surface area contributed by atoms with E-state index >= 15 is 0 Å². The van der Waals surface area contributed by atoms with Crippen LogP contribution in [0.25, 0.3) is 11.3 Å². The molecule has 26 heavy (non-hydrogen) atoms. The first-order chi connectivity index (χ1) is 12.5. The maximum atomic E-state index is 12.0. The summed E-state index contributed by atoms with van der Waals surface area (Å²) in [6, 6.07) is 15.2. The van der Waals surface area contributed by atoms with E-state index in [2.05, 4.69) is 48.4 Å². The van der Waals surface area contributed by atoms with E-state index in [9.17, 15) is 4.79 Å². The molecule has 0 unspecified atom stereocenters. The highest BCUT2D eigenvalue weighted by Gasteiger charge is 2.09. The Balaban J connectivity index is 1.57. The van der Waals surface area contributed by atoms with Gasteiger partial charge in [-0.2, -0.15) is 0 Å². The van der Waals surface area contributed by atoms with Crippen LogP contribution in [0.4, 0.5) is 5.13 Å². The molecule has 1 N–H and O–H groups in total. The third-order valence-corrected chi connectivity index (χ3v) is 4.82. The number of benzene rings is 2. The zero-order chi connectivity index (χ0) is 18.5. The Morgan fingerprint density at radius 2 is 1.85 bits per heavy atom. The largest absolute Gasteiger partial charge is 0.484 e. The maximum absolute atomic E-state index is 12.0. The second-order valence-electron chi connectivity index (χ2n) is 6.11. The molecule has 0 saturated heterocycles.